The summed E-state index contributed by atoms with van der Waals surface area (Å²) in [5.74, 6) is 0.100. The molecule has 0 saturated heterocycles. The van der Waals surface area contributed by atoms with E-state index in [4.69, 9.17) is 0 Å². The highest BCUT2D eigenvalue weighted by Crippen LogP contribution is 2.44. The highest BCUT2D eigenvalue weighted by atomic mass is 32.2. The van der Waals surface area contributed by atoms with Crippen molar-refractivity contribution in [1.29, 1.82) is 0 Å². The van der Waals surface area contributed by atoms with Gasteiger partial charge < -0.3 is 5.11 Å². The first kappa shape index (κ1) is 12.4. The topological polar surface area (TPSA) is 75.1 Å². The number of carboxylic acids is 1. The van der Waals surface area contributed by atoms with Crippen LogP contribution in [0.15, 0.2) is 9.85 Å². The molecule has 1 atom stereocenters. The van der Waals surface area contributed by atoms with Crippen LogP contribution in [0.2, 0.25) is 0 Å². The van der Waals surface area contributed by atoms with Gasteiger partial charge in [0.15, 0.2) is 4.34 Å². The summed E-state index contributed by atoms with van der Waals surface area (Å²) in [5.41, 5.74) is 0.910. The van der Waals surface area contributed by atoms with Gasteiger partial charge in [0.05, 0.1) is 0 Å². The molecule has 1 aromatic heterocycles. The van der Waals surface area contributed by atoms with E-state index in [2.05, 4.69) is 15.5 Å². The zero-order valence-corrected chi connectivity index (χ0v) is 11.5. The smallest absolute Gasteiger partial charge is 0.325 e. The first-order valence-corrected chi connectivity index (χ1v) is 7.97. The van der Waals surface area contributed by atoms with Crippen molar-refractivity contribution in [2.45, 2.75) is 41.6 Å². The fraction of sp³-hybridized carbons (Fsp3) is 0.727. The van der Waals surface area contributed by atoms with Crippen molar-refractivity contribution >= 4 is 29.1 Å². The molecule has 0 bridgehead atoms. The number of nitrogens with one attached hydrogen (secondary N) is 1. The van der Waals surface area contributed by atoms with Gasteiger partial charge >= 0.3 is 5.97 Å². The van der Waals surface area contributed by atoms with Gasteiger partial charge in [-0.1, -0.05) is 23.1 Å². The number of aliphatic carboxylic acids is 1. The van der Waals surface area contributed by atoms with E-state index in [9.17, 15) is 9.90 Å². The predicted molar refractivity (Wildman–Crippen MR) is 69.9 cm³/mol. The highest BCUT2D eigenvalue weighted by molar-refractivity contribution is 8.01. The van der Waals surface area contributed by atoms with E-state index in [1.807, 2.05) is 0 Å². The average Bonchev–Trinajstić information content (AvgIpc) is 3.25. The standard InChI is InChI=1S/C11H15N3O2S2/c15-9(16)11(7-1-2-7,13-8-3-4-8)5-17-10-14-12-6-18-10/h6-8,13H,1-5H2,(H,15,16). The molecule has 0 radical (unpaired) electrons. The molecule has 2 saturated carbocycles. The van der Waals surface area contributed by atoms with E-state index >= 15 is 0 Å². The molecule has 2 aliphatic rings. The Morgan fingerprint density at radius 1 is 1.56 bits per heavy atom. The monoisotopic (exact) mass is 285 g/mol. The van der Waals surface area contributed by atoms with Crippen LogP contribution in [-0.2, 0) is 4.79 Å². The van der Waals surface area contributed by atoms with Crippen molar-refractivity contribution < 1.29 is 9.90 Å². The SMILES string of the molecule is O=C(O)C(CSc1nncs1)(NC1CC1)C1CC1. The molecule has 3 rings (SSSR count). The fourth-order valence-corrected chi connectivity index (χ4v) is 3.90. The molecular weight excluding hydrogens is 270 g/mol. The van der Waals surface area contributed by atoms with Gasteiger partial charge in [0.25, 0.3) is 0 Å². The third-order valence-electron chi connectivity index (χ3n) is 3.46. The molecule has 0 aromatic carbocycles. The number of rotatable bonds is 7. The lowest BCUT2D eigenvalue weighted by Crippen LogP contribution is -2.57. The van der Waals surface area contributed by atoms with E-state index in [0.29, 0.717) is 11.8 Å². The molecule has 98 valence electrons. The minimum Gasteiger partial charge on any atom is -0.480 e. The molecule has 1 unspecified atom stereocenters. The number of aromatic nitrogens is 2. The normalized spacial score (nSPS) is 22.7. The Hall–Kier alpha value is -0.660. The maximum Gasteiger partial charge on any atom is 0.325 e. The van der Waals surface area contributed by atoms with E-state index < -0.39 is 11.5 Å². The Kier molecular flexibility index (Phi) is 3.29. The van der Waals surface area contributed by atoms with Crippen molar-refractivity contribution in [1.82, 2.24) is 15.5 Å². The lowest BCUT2D eigenvalue weighted by molar-refractivity contribution is -0.145. The first-order chi connectivity index (χ1) is 8.71. The Labute approximate surface area is 113 Å². The van der Waals surface area contributed by atoms with Crippen LogP contribution >= 0.6 is 23.1 Å². The predicted octanol–water partition coefficient (Wildman–Crippen LogP) is 1.62. The minimum absolute atomic E-state index is 0.274. The molecule has 1 aromatic rings. The third kappa shape index (κ3) is 2.53. The number of carboxylic acid groups (broad SMARTS) is 1. The number of carbonyl (C=O) groups is 1. The van der Waals surface area contributed by atoms with Gasteiger partial charge in [-0.05, 0) is 31.6 Å². The van der Waals surface area contributed by atoms with Gasteiger partial charge in [-0.2, -0.15) is 0 Å². The molecule has 0 amide bonds. The minimum atomic E-state index is -0.766. The van der Waals surface area contributed by atoms with Gasteiger partial charge in [0.1, 0.15) is 11.0 Å². The summed E-state index contributed by atoms with van der Waals surface area (Å²) in [6, 6.07) is 0.400. The van der Waals surface area contributed by atoms with Gasteiger partial charge in [-0.3, -0.25) is 10.1 Å². The van der Waals surface area contributed by atoms with Crippen LogP contribution in [0.25, 0.3) is 0 Å². The van der Waals surface area contributed by atoms with Gasteiger partial charge in [0.2, 0.25) is 0 Å². The van der Waals surface area contributed by atoms with Crippen LogP contribution in [-0.4, -0.2) is 38.6 Å². The van der Waals surface area contributed by atoms with Crippen molar-refractivity contribution in [3.8, 4) is 0 Å². The van der Waals surface area contributed by atoms with Gasteiger partial charge in [-0.25, -0.2) is 0 Å². The molecule has 2 N–H and O–H groups in total. The molecule has 7 heteroatoms. The summed E-state index contributed by atoms with van der Waals surface area (Å²) < 4.78 is 0.846. The summed E-state index contributed by atoms with van der Waals surface area (Å²) >= 11 is 2.96. The summed E-state index contributed by atoms with van der Waals surface area (Å²) in [7, 11) is 0. The van der Waals surface area contributed by atoms with E-state index in [-0.39, 0.29) is 5.92 Å². The van der Waals surface area contributed by atoms with Crippen molar-refractivity contribution in [2.24, 2.45) is 5.92 Å². The van der Waals surface area contributed by atoms with Crippen LogP contribution in [0, 0.1) is 5.92 Å². The van der Waals surface area contributed by atoms with E-state index in [0.717, 1.165) is 30.0 Å². The maximum absolute atomic E-state index is 11.7. The zero-order chi connectivity index (χ0) is 12.6. The van der Waals surface area contributed by atoms with Crippen LogP contribution < -0.4 is 5.32 Å². The summed E-state index contributed by atoms with van der Waals surface area (Å²) in [4.78, 5) is 11.7. The molecular formula is C11H15N3O2S2. The summed E-state index contributed by atoms with van der Waals surface area (Å²) in [6.07, 6.45) is 4.24. The third-order valence-corrected chi connectivity index (χ3v) is 5.51. The van der Waals surface area contributed by atoms with Crippen LogP contribution in [0.5, 0.6) is 0 Å². The van der Waals surface area contributed by atoms with Gasteiger partial charge in [0, 0.05) is 11.8 Å². The molecule has 0 spiro atoms. The number of nitrogens with zero attached hydrogens (tertiary/aromatic N) is 2. The zero-order valence-electron chi connectivity index (χ0n) is 9.83. The van der Waals surface area contributed by atoms with Crippen LogP contribution in [0.1, 0.15) is 25.7 Å². The van der Waals surface area contributed by atoms with Crippen molar-refractivity contribution in [3.05, 3.63) is 5.51 Å². The Morgan fingerprint density at radius 3 is 2.83 bits per heavy atom. The summed E-state index contributed by atoms with van der Waals surface area (Å²) in [5, 5.41) is 20.7. The van der Waals surface area contributed by atoms with E-state index in [1.54, 1.807) is 5.51 Å². The molecule has 5 nitrogen and oxygen atoms in total. The van der Waals surface area contributed by atoms with Crippen molar-refractivity contribution in [2.75, 3.05) is 5.75 Å². The number of thioether (sulfide) groups is 1. The Morgan fingerprint density at radius 2 is 2.33 bits per heavy atom. The molecule has 2 aliphatic carbocycles. The maximum atomic E-state index is 11.7. The lowest BCUT2D eigenvalue weighted by Gasteiger charge is -2.30. The fourth-order valence-electron chi connectivity index (χ4n) is 2.14. The number of hydrogen-bond acceptors (Lipinski definition) is 6. The molecule has 18 heavy (non-hydrogen) atoms. The summed E-state index contributed by atoms with van der Waals surface area (Å²) in [6.45, 7) is 0. The Bertz CT molecular complexity index is 432. The quantitative estimate of drug-likeness (QED) is 0.741. The second-order valence-electron chi connectivity index (χ2n) is 4.96. The second-order valence-corrected chi connectivity index (χ2v) is 7.02. The molecule has 0 aliphatic heterocycles. The number of hydrogen-bond donors (Lipinski definition) is 2. The second kappa shape index (κ2) is 4.79. The van der Waals surface area contributed by atoms with Crippen LogP contribution in [0.4, 0.5) is 0 Å². The van der Waals surface area contributed by atoms with Gasteiger partial charge in [-0.15, -0.1) is 10.2 Å². The molecule has 1 heterocycles. The lowest BCUT2D eigenvalue weighted by atomic mass is 9.95. The molecule has 2 fully saturated rings. The average molecular weight is 285 g/mol. The first-order valence-electron chi connectivity index (χ1n) is 6.11. The Balaban J connectivity index is 1.72. The van der Waals surface area contributed by atoms with Crippen molar-refractivity contribution in [3.63, 3.8) is 0 Å². The highest BCUT2D eigenvalue weighted by Gasteiger charge is 2.53. The largest absolute Gasteiger partial charge is 0.480 e. The van der Waals surface area contributed by atoms with Crippen LogP contribution in [0.3, 0.4) is 0 Å². The van der Waals surface area contributed by atoms with E-state index in [1.165, 1.54) is 23.1 Å².